The van der Waals surface area contributed by atoms with Gasteiger partial charge in [-0.25, -0.2) is 0 Å². The van der Waals surface area contributed by atoms with Gasteiger partial charge in [-0.3, -0.25) is 0 Å². The molecule has 0 amide bonds. The van der Waals surface area contributed by atoms with Gasteiger partial charge in [0.15, 0.2) is 0 Å². The van der Waals surface area contributed by atoms with Crippen LogP contribution >= 0.6 is 0 Å². The lowest BCUT2D eigenvalue weighted by Crippen LogP contribution is -2.15. The van der Waals surface area contributed by atoms with Gasteiger partial charge in [-0.05, 0) is 55.3 Å². The maximum atomic E-state index is 2.48. The zero-order chi connectivity index (χ0) is 13.1. The van der Waals surface area contributed by atoms with Crippen molar-refractivity contribution in [3.05, 3.63) is 23.8 Å². The zero-order valence-corrected chi connectivity index (χ0v) is 12.7. The van der Waals surface area contributed by atoms with Gasteiger partial charge in [-0.15, -0.1) is 0 Å². The lowest BCUT2D eigenvalue weighted by molar-refractivity contribution is 0.284. The highest BCUT2D eigenvalue weighted by Gasteiger charge is 2.40. The van der Waals surface area contributed by atoms with E-state index >= 15 is 0 Å². The molecule has 0 spiro atoms. The van der Waals surface area contributed by atoms with Crippen molar-refractivity contribution in [2.75, 3.05) is 0 Å². The highest BCUT2D eigenvalue weighted by molar-refractivity contribution is 5.24. The second kappa shape index (κ2) is 6.08. The number of fused-ring (bicyclic) bond motifs is 1. The summed E-state index contributed by atoms with van der Waals surface area (Å²) >= 11 is 0. The molecule has 2 aliphatic carbocycles. The predicted molar refractivity (Wildman–Crippen MR) is 80.5 cm³/mol. The minimum Gasteiger partial charge on any atom is -0.0845 e. The Hall–Kier alpha value is -0.520. The highest BCUT2D eigenvalue weighted by atomic mass is 14.4. The highest BCUT2D eigenvalue weighted by Crippen LogP contribution is 2.49. The Labute approximate surface area is 114 Å². The Balaban J connectivity index is 2.27. The number of hydrogen-bond donors (Lipinski definition) is 0. The van der Waals surface area contributed by atoms with Crippen molar-refractivity contribution < 1.29 is 0 Å². The van der Waals surface area contributed by atoms with E-state index in [-0.39, 0.29) is 0 Å². The van der Waals surface area contributed by atoms with Crippen molar-refractivity contribution in [2.45, 2.75) is 59.8 Å². The maximum Gasteiger partial charge on any atom is -0.0166 e. The molecule has 2 rings (SSSR count). The molecule has 0 saturated heterocycles. The van der Waals surface area contributed by atoms with Crippen LogP contribution in [0.25, 0.3) is 0 Å². The summed E-state index contributed by atoms with van der Waals surface area (Å²) in [5.74, 6) is 4.28. The van der Waals surface area contributed by atoms with Crippen molar-refractivity contribution >= 4 is 0 Å². The minimum absolute atomic E-state index is 0.802. The van der Waals surface area contributed by atoms with Crippen LogP contribution in [0.4, 0.5) is 0 Å². The lowest BCUT2D eigenvalue weighted by Gasteiger charge is -2.24. The average Bonchev–Trinajstić information content (AvgIpc) is 2.69. The normalized spacial score (nSPS) is 33.0. The van der Waals surface area contributed by atoms with E-state index in [0.717, 1.165) is 29.6 Å². The first-order valence-corrected chi connectivity index (χ1v) is 7.98. The summed E-state index contributed by atoms with van der Waals surface area (Å²) in [5, 5.41) is 0. The fourth-order valence-corrected chi connectivity index (χ4v) is 4.04. The van der Waals surface area contributed by atoms with Crippen molar-refractivity contribution in [3.8, 4) is 0 Å². The van der Waals surface area contributed by atoms with Gasteiger partial charge >= 0.3 is 0 Å². The monoisotopic (exact) mass is 246 g/mol. The van der Waals surface area contributed by atoms with Crippen molar-refractivity contribution in [3.63, 3.8) is 0 Å². The fraction of sp³-hybridized carbons (Fsp3) is 0.778. The summed E-state index contributed by atoms with van der Waals surface area (Å²) in [7, 11) is 0. The maximum absolute atomic E-state index is 2.48. The molecule has 0 aromatic rings. The quantitative estimate of drug-likeness (QED) is 0.594. The zero-order valence-electron chi connectivity index (χ0n) is 12.7. The Morgan fingerprint density at radius 2 is 1.83 bits per heavy atom. The Morgan fingerprint density at radius 1 is 1.06 bits per heavy atom. The topological polar surface area (TPSA) is 0 Å². The molecule has 3 atom stereocenters. The Morgan fingerprint density at radius 3 is 2.50 bits per heavy atom. The van der Waals surface area contributed by atoms with Gasteiger partial charge in [0.25, 0.3) is 0 Å². The second-order valence-electron chi connectivity index (χ2n) is 6.98. The lowest BCUT2D eigenvalue weighted by atomic mass is 9.81. The van der Waals surface area contributed by atoms with E-state index in [9.17, 15) is 0 Å². The Kier molecular flexibility index (Phi) is 4.70. The van der Waals surface area contributed by atoms with Crippen LogP contribution in [-0.2, 0) is 0 Å². The van der Waals surface area contributed by atoms with E-state index in [1.165, 1.54) is 32.1 Å². The molecule has 0 nitrogen and oxygen atoms in total. The Bertz CT molecular complexity index is 319. The second-order valence-corrected chi connectivity index (χ2v) is 6.98. The molecule has 0 heteroatoms. The fourth-order valence-electron chi connectivity index (χ4n) is 4.04. The van der Waals surface area contributed by atoms with E-state index in [4.69, 9.17) is 0 Å². The van der Waals surface area contributed by atoms with Crippen LogP contribution in [0, 0.1) is 29.6 Å². The molecule has 18 heavy (non-hydrogen) atoms. The van der Waals surface area contributed by atoms with Crippen molar-refractivity contribution in [1.29, 1.82) is 0 Å². The van der Waals surface area contributed by atoms with E-state index in [1.807, 2.05) is 0 Å². The minimum atomic E-state index is 0.802. The molecular formula is C18H30. The third-order valence-corrected chi connectivity index (χ3v) is 5.12. The van der Waals surface area contributed by atoms with Crippen LogP contribution < -0.4 is 0 Å². The molecule has 0 N–H and O–H groups in total. The van der Waals surface area contributed by atoms with Gasteiger partial charge in [0, 0.05) is 0 Å². The SMILES string of the molecule is CC(C)C1CC(C(C)C)C2CCCCC=CC=C12. The molecule has 0 aliphatic heterocycles. The van der Waals surface area contributed by atoms with E-state index in [2.05, 4.69) is 45.9 Å². The van der Waals surface area contributed by atoms with Crippen molar-refractivity contribution in [2.24, 2.45) is 29.6 Å². The third-order valence-electron chi connectivity index (χ3n) is 5.12. The number of rotatable bonds is 2. The van der Waals surface area contributed by atoms with E-state index in [1.54, 1.807) is 5.57 Å². The average molecular weight is 246 g/mol. The van der Waals surface area contributed by atoms with Crippen molar-refractivity contribution in [1.82, 2.24) is 0 Å². The molecule has 0 bridgehead atoms. The van der Waals surface area contributed by atoms with Crippen LogP contribution in [0.2, 0.25) is 0 Å². The largest absolute Gasteiger partial charge is 0.0845 e. The predicted octanol–water partition coefficient (Wildman–Crippen LogP) is 5.61. The summed E-state index contributed by atoms with van der Waals surface area (Å²) in [6.07, 6.45) is 14.1. The van der Waals surface area contributed by atoms with Gasteiger partial charge in [-0.2, -0.15) is 0 Å². The van der Waals surface area contributed by atoms with Crippen LogP contribution in [0.1, 0.15) is 59.8 Å². The molecule has 0 aromatic carbocycles. The molecule has 0 heterocycles. The summed E-state index contributed by atoms with van der Waals surface area (Å²) in [5.41, 5.74) is 1.78. The van der Waals surface area contributed by atoms with Gasteiger partial charge in [0.05, 0.1) is 0 Å². The van der Waals surface area contributed by atoms with Gasteiger partial charge in [0.1, 0.15) is 0 Å². The molecule has 3 unspecified atom stereocenters. The molecule has 2 aliphatic rings. The first-order valence-electron chi connectivity index (χ1n) is 7.98. The van der Waals surface area contributed by atoms with E-state index < -0.39 is 0 Å². The van der Waals surface area contributed by atoms with Crippen LogP contribution in [0.5, 0.6) is 0 Å². The summed E-state index contributed by atoms with van der Waals surface area (Å²) < 4.78 is 0. The summed E-state index contributed by atoms with van der Waals surface area (Å²) in [6, 6.07) is 0. The molecule has 0 radical (unpaired) electrons. The summed E-state index contributed by atoms with van der Waals surface area (Å²) in [6.45, 7) is 9.66. The van der Waals surface area contributed by atoms with Crippen LogP contribution in [0.15, 0.2) is 23.8 Å². The number of allylic oxidation sites excluding steroid dienone is 4. The molecule has 0 aromatic heterocycles. The number of hydrogen-bond acceptors (Lipinski definition) is 0. The molecule has 102 valence electrons. The molecule has 1 fully saturated rings. The van der Waals surface area contributed by atoms with Crippen LogP contribution in [0.3, 0.4) is 0 Å². The summed E-state index contributed by atoms with van der Waals surface area (Å²) in [4.78, 5) is 0. The smallest absolute Gasteiger partial charge is 0.0166 e. The first kappa shape index (κ1) is 13.9. The van der Waals surface area contributed by atoms with Gasteiger partial charge in [0.2, 0.25) is 0 Å². The third kappa shape index (κ3) is 2.90. The van der Waals surface area contributed by atoms with Gasteiger partial charge < -0.3 is 0 Å². The molecule has 1 saturated carbocycles. The standard InChI is InChI=1S/C18H30/c1-13(2)17-12-18(14(3)4)16-11-9-7-5-6-8-10-15(16)17/h6,8,10,13-14,16-18H,5,7,9,11-12H2,1-4H3. The first-order chi connectivity index (χ1) is 8.61. The molecular weight excluding hydrogens is 216 g/mol. The van der Waals surface area contributed by atoms with E-state index in [0.29, 0.717) is 0 Å². The van der Waals surface area contributed by atoms with Crippen LogP contribution in [-0.4, -0.2) is 0 Å². The van der Waals surface area contributed by atoms with Gasteiger partial charge in [-0.1, -0.05) is 57.9 Å².